The van der Waals surface area contributed by atoms with Crippen LogP contribution in [0.15, 0.2) is 18.2 Å². The van der Waals surface area contributed by atoms with Crippen molar-refractivity contribution < 1.29 is 13.9 Å². The van der Waals surface area contributed by atoms with Crippen LogP contribution < -0.4 is 5.32 Å². The largest absolute Gasteiger partial charge is 0.465 e. The van der Waals surface area contributed by atoms with Crippen LogP contribution in [-0.2, 0) is 9.53 Å². The van der Waals surface area contributed by atoms with Gasteiger partial charge in [0.05, 0.1) is 6.61 Å². The Bertz CT molecular complexity index is 473. The first-order valence-electron chi connectivity index (χ1n) is 7.01. The molecule has 4 nitrogen and oxygen atoms in total. The van der Waals surface area contributed by atoms with Crippen LogP contribution in [0.2, 0.25) is 0 Å². The molecular weight excluding hydrogens is 259 g/mol. The molecule has 1 aliphatic heterocycles. The number of piperazine rings is 1. The average molecular weight is 280 g/mol. The third kappa shape index (κ3) is 3.35. The highest BCUT2D eigenvalue weighted by Crippen LogP contribution is 2.26. The molecule has 1 fully saturated rings. The summed E-state index contributed by atoms with van der Waals surface area (Å²) >= 11 is 0. The summed E-state index contributed by atoms with van der Waals surface area (Å²) in [4.78, 5) is 14.4. The number of ether oxygens (including phenoxy) is 1. The third-order valence-electron chi connectivity index (χ3n) is 3.55. The molecule has 1 aliphatic rings. The number of nitrogens with one attached hydrogen (secondary N) is 1. The van der Waals surface area contributed by atoms with Crippen molar-refractivity contribution in [2.45, 2.75) is 19.9 Å². The summed E-state index contributed by atoms with van der Waals surface area (Å²) in [5.41, 5.74) is 1.60. The number of carbonyl (C=O) groups is 1. The van der Waals surface area contributed by atoms with Crippen LogP contribution >= 0.6 is 0 Å². The van der Waals surface area contributed by atoms with Gasteiger partial charge in [0.1, 0.15) is 11.9 Å². The fourth-order valence-electron chi connectivity index (χ4n) is 2.58. The molecule has 0 aromatic heterocycles. The van der Waals surface area contributed by atoms with E-state index in [0.717, 1.165) is 37.3 Å². The maximum atomic E-state index is 13.3. The van der Waals surface area contributed by atoms with Crippen LogP contribution in [0.1, 0.15) is 24.1 Å². The minimum Gasteiger partial charge on any atom is -0.465 e. The average Bonchev–Trinajstić information content (AvgIpc) is 2.43. The molecule has 1 saturated heterocycles. The first kappa shape index (κ1) is 14.9. The highest BCUT2D eigenvalue weighted by atomic mass is 19.1. The van der Waals surface area contributed by atoms with E-state index >= 15 is 0 Å². The molecule has 2 rings (SSSR count). The second-order valence-electron chi connectivity index (χ2n) is 4.94. The molecule has 1 aromatic rings. The molecule has 1 atom stereocenters. The highest BCUT2D eigenvalue weighted by Gasteiger charge is 2.31. The van der Waals surface area contributed by atoms with Crippen LogP contribution in [0.25, 0.3) is 0 Å². The summed E-state index contributed by atoms with van der Waals surface area (Å²) in [5.74, 6) is -0.543. The molecule has 1 N–H and O–H groups in total. The van der Waals surface area contributed by atoms with E-state index < -0.39 is 6.04 Å². The maximum Gasteiger partial charge on any atom is 0.328 e. The van der Waals surface area contributed by atoms with Gasteiger partial charge in [-0.05, 0) is 37.1 Å². The predicted octanol–water partition coefficient (Wildman–Crippen LogP) is 1.64. The Morgan fingerprint density at radius 3 is 2.75 bits per heavy atom. The Morgan fingerprint density at radius 1 is 1.45 bits per heavy atom. The molecule has 20 heavy (non-hydrogen) atoms. The molecule has 0 aliphatic carbocycles. The predicted molar refractivity (Wildman–Crippen MR) is 75.0 cm³/mol. The summed E-state index contributed by atoms with van der Waals surface area (Å²) in [7, 11) is 0. The van der Waals surface area contributed by atoms with Crippen molar-refractivity contribution in [1.29, 1.82) is 0 Å². The molecule has 5 heteroatoms. The number of carbonyl (C=O) groups excluding carboxylic acids is 1. The number of rotatable bonds is 4. The lowest BCUT2D eigenvalue weighted by molar-refractivity contribution is -0.150. The monoisotopic (exact) mass is 280 g/mol. The van der Waals surface area contributed by atoms with Crippen LogP contribution in [-0.4, -0.2) is 43.7 Å². The first-order chi connectivity index (χ1) is 9.63. The van der Waals surface area contributed by atoms with Crippen molar-refractivity contribution in [3.8, 4) is 0 Å². The topological polar surface area (TPSA) is 41.6 Å². The number of benzene rings is 1. The zero-order chi connectivity index (χ0) is 14.5. The van der Waals surface area contributed by atoms with Gasteiger partial charge in [-0.2, -0.15) is 0 Å². The molecule has 0 spiro atoms. The zero-order valence-corrected chi connectivity index (χ0v) is 12.0. The number of hydrogen-bond acceptors (Lipinski definition) is 4. The molecule has 1 heterocycles. The molecule has 0 amide bonds. The van der Waals surface area contributed by atoms with E-state index in [4.69, 9.17) is 4.74 Å². The SMILES string of the molecule is CCOC(=O)C(c1ccc(F)cc1C)N1CCNCC1. The minimum absolute atomic E-state index is 0.260. The van der Waals surface area contributed by atoms with Crippen molar-refractivity contribution in [2.75, 3.05) is 32.8 Å². The van der Waals surface area contributed by atoms with Gasteiger partial charge in [0.25, 0.3) is 0 Å². The molecule has 1 aromatic carbocycles. The maximum absolute atomic E-state index is 13.3. The van der Waals surface area contributed by atoms with Crippen LogP contribution in [0.5, 0.6) is 0 Å². The summed E-state index contributed by atoms with van der Waals surface area (Å²) < 4.78 is 18.5. The summed E-state index contributed by atoms with van der Waals surface area (Å²) in [6.45, 7) is 7.21. The van der Waals surface area contributed by atoms with E-state index in [1.807, 2.05) is 6.92 Å². The van der Waals surface area contributed by atoms with Gasteiger partial charge >= 0.3 is 5.97 Å². The fourth-order valence-corrected chi connectivity index (χ4v) is 2.58. The van der Waals surface area contributed by atoms with E-state index in [0.29, 0.717) is 6.61 Å². The molecule has 1 unspecified atom stereocenters. The van der Waals surface area contributed by atoms with Crippen molar-refractivity contribution >= 4 is 5.97 Å². The van der Waals surface area contributed by atoms with E-state index in [9.17, 15) is 9.18 Å². The lowest BCUT2D eigenvalue weighted by atomic mass is 9.99. The Labute approximate surface area is 118 Å². The molecule has 0 saturated carbocycles. The van der Waals surface area contributed by atoms with Gasteiger partial charge < -0.3 is 10.1 Å². The number of aryl methyl sites for hydroxylation is 1. The second-order valence-corrected chi connectivity index (χ2v) is 4.94. The first-order valence-corrected chi connectivity index (χ1v) is 7.01. The quantitative estimate of drug-likeness (QED) is 0.851. The summed E-state index contributed by atoms with van der Waals surface area (Å²) in [5, 5.41) is 3.26. The zero-order valence-electron chi connectivity index (χ0n) is 12.0. The fraction of sp³-hybridized carbons (Fsp3) is 0.533. The Morgan fingerprint density at radius 2 is 2.15 bits per heavy atom. The summed E-state index contributed by atoms with van der Waals surface area (Å²) in [6, 6.07) is 4.10. The second kappa shape index (κ2) is 6.81. The summed E-state index contributed by atoms with van der Waals surface area (Å²) in [6.07, 6.45) is 0. The van der Waals surface area contributed by atoms with Crippen LogP contribution in [0.4, 0.5) is 4.39 Å². The van der Waals surface area contributed by atoms with Gasteiger partial charge in [0, 0.05) is 26.2 Å². The number of hydrogen-bond donors (Lipinski definition) is 1. The number of halogens is 1. The van der Waals surface area contributed by atoms with Gasteiger partial charge in [-0.1, -0.05) is 6.07 Å². The number of nitrogens with zero attached hydrogens (tertiary/aromatic N) is 1. The van der Waals surface area contributed by atoms with Gasteiger partial charge in [0.2, 0.25) is 0 Å². The van der Waals surface area contributed by atoms with E-state index in [-0.39, 0.29) is 11.8 Å². The van der Waals surface area contributed by atoms with Crippen molar-refractivity contribution in [1.82, 2.24) is 10.2 Å². The van der Waals surface area contributed by atoms with Gasteiger partial charge in [-0.25, -0.2) is 9.18 Å². The number of esters is 1. The molecule has 110 valence electrons. The smallest absolute Gasteiger partial charge is 0.328 e. The van der Waals surface area contributed by atoms with Crippen LogP contribution in [0.3, 0.4) is 0 Å². The lowest BCUT2D eigenvalue weighted by Gasteiger charge is -2.34. The third-order valence-corrected chi connectivity index (χ3v) is 3.55. The Hall–Kier alpha value is -1.46. The molecule has 0 bridgehead atoms. The minimum atomic E-state index is -0.447. The van der Waals surface area contributed by atoms with Crippen molar-refractivity contribution in [3.63, 3.8) is 0 Å². The van der Waals surface area contributed by atoms with E-state index in [2.05, 4.69) is 10.2 Å². The normalized spacial score (nSPS) is 17.8. The highest BCUT2D eigenvalue weighted by molar-refractivity contribution is 5.78. The van der Waals surface area contributed by atoms with Gasteiger partial charge in [-0.15, -0.1) is 0 Å². The standard InChI is InChI=1S/C15H21FN2O2/c1-3-20-15(19)14(18-8-6-17-7-9-18)13-5-4-12(16)10-11(13)2/h4-5,10,14,17H,3,6-9H2,1-2H3. The van der Waals surface area contributed by atoms with Crippen molar-refractivity contribution in [3.05, 3.63) is 35.1 Å². The van der Waals surface area contributed by atoms with E-state index in [1.54, 1.807) is 13.0 Å². The molecular formula is C15H21FN2O2. The Kier molecular flexibility index (Phi) is 5.09. The Balaban J connectivity index is 2.31. The van der Waals surface area contributed by atoms with Gasteiger partial charge in [-0.3, -0.25) is 4.90 Å². The molecule has 0 radical (unpaired) electrons. The van der Waals surface area contributed by atoms with Gasteiger partial charge in [0.15, 0.2) is 0 Å². The lowest BCUT2D eigenvalue weighted by Crippen LogP contribution is -2.47. The van der Waals surface area contributed by atoms with Crippen LogP contribution in [0, 0.1) is 12.7 Å². The van der Waals surface area contributed by atoms with E-state index in [1.165, 1.54) is 12.1 Å². The van der Waals surface area contributed by atoms with Crippen molar-refractivity contribution in [2.24, 2.45) is 0 Å².